The Balaban J connectivity index is 0.000000204. The molecule has 2 amide bonds. The lowest BCUT2D eigenvalue weighted by molar-refractivity contribution is -0.199. The molecule has 2 N–H and O–H groups in total. The number of carbonyl (C=O) groups is 4. The van der Waals surface area contributed by atoms with Crippen molar-refractivity contribution in [2.45, 2.75) is 176 Å². The summed E-state index contributed by atoms with van der Waals surface area (Å²) in [6, 6.07) is -0.955. The summed E-state index contributed by atoms with van der Waals surface area (Å²) in [4.78, 5) is 48.9. The molecule has 0 aromatic rings. The SMILES string of the molecule is CC(C)C(=O)NC(C)C(=O)C[C@@H](C)B1O[C@@H]2C[C@@H]3C[C@@H](C3(C)C)[C@]2(C)O1.CC(CP)C(=O)NC(C)C(=O)C[C@@H](C)B1O[C@@H]2C[C@@H]3C[C@@H](C3(C)C)[C@]2(C)O1. The van der Waals surface area contributed by atoms with Crippen LogP contribution in [0.3, 0.4) is 0 Å². The molecular weight excluding hydrogens is 689 g/mol. The van der Waals surface area contributed by atoms with Gasteiger partial charge in [-0.05, 0) is 106 Å². The first-order valence-corrected chi connectivity index (χ1v) is 21.3. The van der Waals surface area contributed by atoms with E-state index in [1.807, 2.05) is 34.6 Å². The van der Waals surface area contributed by atoms with Crippen LogP contribution in [0.1, 0.15) is 129 Å². The van der Waals surface area contributed by atoms with Gasteiger partial charge in [0.15, 0.2) is 11.6 Å². The first kappa shape index (κ1) is 42.8. The van der Waals surface area contributed by atoms with E-state index in [9.17, 15) is 19.2 Å². The summed E-state index contributed by atoms with van der Waals surface area (Å²) in [7, 11) is 1.89. The molecule has 0 aromatic heterocycles. The van der Waals surface area contributed by atoms with Crippen molar-refractivity contribution in [3.05, 3.63) is 0 Å². The minimum Gasteiger partial charge on any atom is -0.405 e. The van der Waals surface area contributed by atoms with Crippen LogP contribution in [0, 0.1) is 46.3 Å². The largest absolute Gasteiger partial charge is 0.461 e. The van der Waals surface area contributed by atoms with Crippen LogP contribution in [0.25, 0.3) is 0 Å². The Morgan fingerprint density at radius 1 is 0.642 bits per heavy atom. The van der Waals surface area contributed by atoms with E-state index in [1.54, 1.807) is 13.8 Å². The fraction of sp³-hybridized carbons (Fsp3) is 0.900. The van der Waals surface area contributed by atoms with Crippen LogP contribution in [-0.2, 0) is 37.8 Å². The molecule has 8 fully saturated rings. The molecule has 53 heavy (non-hydrogen) atoms. The Labute approximate surface area is 322 Å². The molecule has 2 saturated heterocycles. The highest BCUT2D eigenvalue weighted by Gasteiger charge is 2.69. The van der Waals surface area contributed by atoms with Crippen molar-refractivity contribution in [1.82, 2.24) is 10.6 Å². The third-order valence-corrected chi connectivity index (χ3v) is 15.6. The zero-order valence-corrected chi connectivity index (χ0v) is 36.0. The molecule has 4 unspecified atom stereocenters. The number of hydrogen-bond donors (Lipinski definition) is 2. The van der Waals surface area contributed by atoms with Gasteiger partial charge < -0.3 is 29.3 Å². The molecule has 14 atom stereocenters. The summed E-state index contributed by atoms with van der Waals surface area (Å²) < 4.78 is 25.4. The highest BCUT2D eigenvalue weighted by atomic mass is 31.0. The van der Waals surface area contributed by atoms with Gasteiger partial charge in [0.25, 0.3) is 0 Å². The van der Waals surface area contributed by atoms with Crippen molar-refractivity contribution in [3.8, 4) is 0 Å². The van der Waals surface area contributed by atoms with Crippen molar-refractivity contribution in [3.63, 3.8) is 0 Å². The number of ketones is 2. The van der Waals surface area contributed by atoms with E-state index in [0.717, 1.165) is 18.8 Å². The third kappa shape index (κ3) is 7.98. The predicted molar refractivity (Wildman–Crippen MR) is 212 cm³/mol. The van der Waals surface area contributed by atoms with Gasteiger partial charge in [-0.1, -0.05) is 62.3 Å². The van der Waals surface area contributed by atoms with Gasteiger partial charge in [-0.3, -0.25) is 19.2 Å². The van der Waals surface area contributed by atoms with Gasteiger partial charge >= 0.3 is 14.2 Å². The second-order valence-corrected chi connectivity index (χ2v) is 20.2. The molecule has 6 saturated carbocycles. The second-order valence-electron chi connectivity index (χ2n) is 19.7. The van der Waals surface area contributed by atoms with Crippen molar-refractivity contribution in [2.75, 3.05) is 6.16 Å². The summed E-state index contributed by atoms with van der Waals surface area (Å²) in [6.07, 6.45) is 6.21. The molecule has 10 nitrogen and oxygen atoms in total. The van der Waals surface area contributed by atoms with E-state index in [1.165, 1.54) is 12.8 Å². The minimum absolute atomic E-state index is 0.0244. The normalized spacial score (nSPS) is 37.0. The molecule has 13 heteroatoms. The second kappa shape index (κ2) is 15.6. The molecule has 4 bridgehead atoms. The fourth-order valence-electron chi connectivity index (χ4n) is 10.5. The lowest BCUT2D eigenvalue weighted by atomic mass is 9.43. The number of carbonyl (C=O) groups excluding carboxylic acids is 4. The molecule has 6 aliphatic carbocycles. The smallest absolute Gasteiger partial charge is 0.405 e. The highest BCUT2D eigenvalue weighted by molar-refractivity contribution is 7.16. The average Bonchev–Trinajstić information content (AvgIpc) is 3.64. The van der Waals surface area contributed by atoms with E-state index < -0.39 is 12.1 Å². The van der Waals surface area contributed by atoms with Gasteiger partial charge in [-0.15, -0.1) is 9.24 Å². The molecule has 8 rings (SSSR count). The van der Waals surface area contributed by atoms with Gasteiger partial charge in [-0.25, -0.2) is 0 Å². The number of Topliss-reactive ketones (excluding diaryl/α,β-unsaturated/α-hetero) is 2. The van der Waals surface area contributed by atoms with E-state index in [4.69, 9.17) is 18.6 Å². The zero-order chi connectivity index (χ0) is 39.6. The van der Waals surface area contributed by atoms with Crippen LogP contribution >= 0.6 is 9.24 Å². The molecule has 8 aliphatic rings. The third-order valence-electron chi connectivity index (χ3n) is 14.9. The molecule has 0 spiro atoms. The lowest BCUT2D eigenvalue weighted by Gasteiger charge is -2.64. The van der Waals surface area contributed by atoms with Crippen molar-refractivity contribution < 1.29 is 37.8 Å². The predicted octanol–water partition coefficient (Wildman–Crippen LogP) is 6.30. The van der Waals surface area contributed by atoms with Crippen LogP contribution < -0.4 is 10.6 Å². The Morgan fingerprint density at radius 3 is 1.36 bits per heavy atom. The molecule has 0 aromatic carbocycles. The molecule has 298 valence electrons. The van der Waals surface area contributed by atoms with E-state index in [2.05, 4.69) is 61.4 Å². The Morgan fingerprint density at radius 2 is 1.02 bits per heavy atom. The van der Waals surface area contributed by atoms with Crippen LogP contribution in [0.2, 0.25) is 11.6 Å². The summed E-state index contributed by atoms with van der Waals surface area (Å²) in [5.41, 5.74) is 0.153. The van der Waals surface area contributed by atoms with E-state index in [0.29, 0.717) is 47.6 Å². The first-order valence-electron chi connectivity index (χ1n) is 20.5. The van der Waals surface area contributed by atoms with E-state index >= 15 is 0 Å². The maximum absolute atomic E-state index is 12.6. The minimum atomic E-state index is -0.482. The summed E-state index contributed by atoms with van der Waals surface area (Å²) >= 11 is 0. The average molecular weight is 759 g/mol. The number of hydrogen-bond acceptors (Lipinski definition) is 8. The fourth-order valence-corrected chi connectivity index (χ4v) is 10.7. The lowest BCUT2D eigenvalue weighted by Crippen LogP contribution is -2.65. The maximum Gasteiger partial charge on any atom is 0.461 e. The maximum atomic E-state index is 12.6. The van der Waals surface area contributed by atoms with Gasteiger partial charge in [0.05, 0.1) is 35.5 Å². The molecule has 2 aliphatic heterocycles. The Hall–Kier alpha value is -1.32. The molecule has 0 radical (unpaired) electrons. The van der Waals surface area contributed by atoms with Crippen molar-refractivity contribution in [2.24, 2.45) is 46.3 Å². The van der Waals surface area contributed by atoms with Crippen molar-refractivity contribution in [1.29, 1.82) is 0 Å². The molecular formula is C40H69B2N2O8P. The van der Waals surface area contributed by atoms with Crippen LogP contribution in [0.5, 0.6) is 0 Å². The van der Waals surface area contributed by atoms with Crippen LogP contribution in [0.15, 0.2) is 0 Å². The van der Waals surface area contributed by atoms with E-state index in [-0.39, 0.29) is 84.5 Å². The zero-order valence-electron chi connectivity index (χ0n) is 34.9. The topological polar surface area (TPSA) is 129 Å². The van der Waals surface area contributed by atoms with Gasteiger partial charge in [0, 0.05) is 24.7 Å². The summed E-state index contributed by atoms with van der Waals surface area (Å²) in [5.74, 6) is 2.09. The van der Waals surface area contributed by atoms with Gasteiger partial charge in [0.1, 0.15) is 0 Å². The van der Waals surface area contributed by atoms with Gasteiger partial charge in [-0.2, -0.15) is 0 Å². The van der Waals surface area contributed by atoms with Gasteiger partial charge in [0.2, 0.25) is 11.8 Å². The Kier molecular flexibility index (Phi) is 12.6. The number of rotatable bonds is 13. The van der Waals surface area contributed by atoms with Crippen molar-refractivity contribution >= 4 is 46.9 Å². The molecule has 2 heterocycles. The quantitative estimate of drug-likeness (QED) is 0.165. The number of nitrogens with one attached hydrogen (secondary N) is 2. The summed E-state index contributed by atoms with van der Waals surface area (Å²) in [5, 5.41) is 5.61. The summed E-state index contributed by atoms with van der Waals surface area (Å²) in [6.45, 7) is 26.8. The standard InChI is InChI=1S/C20H35BNO4P.C20H34BNO4/c1-11(10-27)18(24)22-13(3)15(23)7-12(2)21-25-17-9-14-8-16(19(14,4)5)20(17,6)26-21;1-11(2)18(24)22-13(4)15(23)8-12(3)21-25-17-10-14-9-16(19(14,5)6)20(17,7)26-21/h11-14,16-17H,7-10,27H2,1-6H3,(H,22,24);11-14,16-17H,8-10H2,1-7H3,(H,22,24)/t11?,12-,13?,14+,16+,17-,20+;12-,13?,14+,16+,17-,20+/m11/s1. The first-order chi connectivity index (χ1) is 24.5. The monoisotopic (exact) mass is 758 g/mol. The number of amides is 2. The Bertz CT molecular complexity index is 1410. The van der Waals surface area contributed by atoms with Crippen LogP contribution in [-0.4, -0.2) is 79.3 Å². The van der Waals surface area contributed by atoms with Crippen LogP contribution in [0.4, 0.5) is 0 Å². The highest BCUT2D eigenvalue weighted by Crippen LogP contribution is 2.67.